The Kier molecular flexibility index (Phi) is 2.22. The van der Waals surface area contributed by atoms with Gasteiger partial charge in [0.1, 0.15) is 0 Å². The molecule has 1 saturated heterocycles. The molecule has 1 atom stereocenters. The molecule has 0 saturated carbocycles. The van der Waals surface area contributed by atoms with E-state index in [0.29, 0.717) is 11.9 Å². The van der Waals surface area contributed by atoms with Crippen molar-refractivity contribution < 1.29 is 4.74 Å². The summed E-state index contributed by atoms with van der Waals surface area (Å²) in [4.78, 5) is 4.06. The van der Waals surface area contributed by atoms with Gasteiger partial charge in [0, 0.05) is 24.8 Å². The van der Waals surface area contributed by atoms with Gasteiger partial charge in [0.05, 0.1) is 12.8 Å². The highest BCUT2D eigenvalue weighted by atomic mass is 16.5. The smallest absolute Gasteiger partial charge is 0.200 e. The normalized spacial score (nSPS) is 22.4. The number of aryl methyl sites for hydroxylation is 1. The number of nitrogen functional groups attached to an aromatic ring is 1. The minimum atomic E-state index is 0.607. The van der Waals surface area contributed by atoms with Crippen LogP contribution < -0.4 is 5.73 Å². The lowest BCUT2D eigenvalue weighted by molar-refractivity contribution is 0.182. The van der Waals surface area contributed by atoms with Gasteiger partial charge in [-0.3, -0.25) is 0 Å². The van der Waals surface area contributed by atoms with Gasteiger partial charge in [-0.1, -0.05) is 0 Å². The lowest BCUT2D eigenvalue weighted by Gasteiger charge is -2.11. The average Bonchev–Trinajstić information content (AvgIpc) is 2.70. The molecule has 0 aliphatic carbocycles. The molecule has 1 unspecified atom stereocenters. The lowest BCUT2D eigenvalue weighted by atomic mass is 10.1. The standard InChI is InChI=1S/C9H15N3O/c1-7-4-11-9(10)12(7)5-8-2-3-13-6-8/h4,8H,2-3,5-6H2,1H3,(H2,10,11). The van der Waals surface area contributed by atoms with Crippen molar-refractivity contribution in [2.45, 2.75) is 19.9 Å². The van der Waals surface area contributed by atoms with Crippen LogP contribution in [0.2, 0.25) is 0 Å². The van der Waals surface area contributed by atoms with Crippen LogP contribution in [0.4, 0.5) is 5.95 Å². The maximum atomic E-state index is 5.73. The van der Waals surface area contributed by atoms with Gasteiger partial charge < -0.3 is 15.0 Å². The molecule has 13 heavy (non-hydrogen) atoms. The Labute approximate surface area is 77.7 Å². The lowest BCUT2D eigenvalue weighted by Crippen LogP contribution is -2.13. The first kappa shape index (κ1) is 8.56. The fourth-order valence-corrected chi connectivity index (χ4v) is 1.70. The molecule has 4 nitrogen and oxygen atoms in total. The molecular weight excluding hydrogens is 166 g/mol. The Hall–Kier alpha value is -1.03. The summed E-state index contributed by atoms with van der Waals surface area (Å²) >= 11 is 0. The molecule has 1 aliphatic heterocycles. The van der Waals surface area contributed by atoms with Crippen molar-refractivity contribution in [2.75, 3.05) is 18.9 Å². The molecule has 2 heterocycles. The van der Waals surface area contributed by atoms with E-state index in [0.717, 1.165) is 31.9 Å². The molecule has 0 spiro atoms. The van der Waals surface area contributed by atoms with E-state index in [1.165, 1.54) is 0 Å². The molecule has 1 fully saturated rings. The Balaban J connectivity index is 2.07. The first-order valence-electron chi connectivity index (χ1n) is 4.62. The molecule has 0 aromatic carbocycles. The van der Waals surface area contributed by atoms with Gasteiger partial charge in [0.25, 0.3) is 0 Å². The molecule has 1 aliphatic rings. The third kappa shape index (κ3) is 1.67. The van der Waals surface area contributed by atoms with E-state index in [1.807, 2.05) is 13.1 Å². The van der Waals surface area contributed by atoms with E-state index in [-0.39, 0.29) is 0 Å². The van der Waals surface area contributed by atoms with Crippen molar-refractivity contribution in [1.29, 1.82) is 0 Å². The minimum Gasteiger partial charge on any atom is -0.381 e. The summed E-state index contributed by atoms with van der Waals surface area (Å²) < 4.78 is 7.37. The van der Waals surface area contributed by atoms with Crippen LogP contribution >= 0.6 is 0 Å². The molecule has 4 heteroatoms. The van der Waals surface area contributed by atoms with Crippen LogP contribution in [0.15, 0.2) is 6.20 Å². The highest BCUT2D eigenvalue weighted by Gasteiger charge is 2.17. The van der Waals surface area contributed by atoms with Crippen LogP contribution in [0, 0.1) is 12.8 Å². The van der Waals surface area contributed by atoms with Gasteiger partial charge in [-0.25, -0.2) is 4.98 Å². The number of aromatic nitrogens is 2. The van der Waals surface area contributed by atoms with Crippen LogP contribution in [0.1, 0.15) is 12.1 Å². The van der Waals surface area contributed by atoms with Gasteiger partial charge in [0.15, 0.2) is 5.95 Å². The number of anilines is 1. The van der Waals surface area contributed by atoms with Crippen LogP contribution in [0.3, 0.4) is 0 Å². The zero-order valence-corrected chi connectivity index (χ0v) is 7.86. The van der Waals surface area contributed by atoms with E-state index in [2.05, 4.69) is 9.55 Å². The molecule has 72 valence electrons. The number of nitrogens with two attached hydrogens (primary N) is 1. The Morgan fingerprint density at radius 1 is 1.77 bits per heavy atom. The largest absolute Gasteiger partial charge is 0.381 e. The summed E-state index contributed by atoms with van der Waals surface area (Å²) in [6, 6.07) is 0. The number of nitrogens with zero attached hydrogens (tertiary/aromatic N) is 2. The van der Waals surface area contributed by atoms with Crippen LogP contribution in [-0.2, 0) is 11.3 Å². The summed E-state index contributed by atoms with van der Waals surface area (Å²) in [6.07, 6.45) is 2.95. The van der Waals surface area contributed by atoms with Crippen LogP contribution in [0.25, 0.3) is 0 Å². The number of hydrogen-bond donors (Lipinski definition) is 1. The second kappa shape index (κ2) is 3.38. The predicted molar refractivity (Wildman–Crippen MR) is 50.3 cm³/mol. The van der Waals surface area contributed by atoms with Crippen molar-refractivity contribution in [2.24, 2.45) is 5.92 Å². The highest BCUT2D eigenvalue weighted by Crippen LogP contribution is 2.17. The van der Waals surface area contributed by atoms with E-state index < -0.39 is 0 Å². The van der Waals surface area contributed by atoms with Crippen molar-refractivity contribution in [3.8, 4) is 0 Å². The third-order valence-electron chi connectivity index (χ3n) is 2.55. The maximum Gasteiger partial charge on any atom is 0.200 e. The van der Waals surface area contributed by atoms with Gasteiger partial charge in [-0.2, -0.15) is 0 Å². The predicted octanol–water partition coefficient (Wildman–Crippen LogP) is 0.810. The second-order valence-electron chi connectivity index (χ2n) is 3.60. The molecule has 0 bridgehead atoms. The fraction of sp³-hybridized carbons (Fsp3) is 0.667. The molecule has 0 amide bonds. The molecular formula is C9H15N3O. The van der Waals surface area contributed by atoms with Gasteiger partial charge in [-0.15, -0.1) is 0 Å². The Bertz CT molecular complexity index is 270. The summed E-state index contributed by atoms with van der Waals surface area (Å²) in [5.41, 5.74) is 6.86. The molecule has 2 rings (SSSR count). The molecule has 0 radical (unpaired) electrons. The van der Waals surface area contributed by atoms with Gasteiger partial charge in [0.2, 0.25) is 0 Å². The van der Waals surface area contributed by atoms with E-state index in [4.69, 9.17) is 10.5 Å². The summed E-state index contributed by atoms with van der Waals surface area (Å²) in [5, 5.41) is 0. The number of hydrogen-bond acceptors (Lipinski definition) is 3. The van der Waals surface area contributed by atoms with Crippen molar-refractivity contribution in [3.63, 3.8) is 0 Å². The number of imidazole rings is 1. The van der Waals surface area contributed by atoms with E-state index >= 15 is 0 Å². The Morgan fingerprint density at radius 3 is 3.15 bits per heavy atom. The first-order chi connectivity index (χ1) is 6.27. The summed E-state index contributed by atoms with van der Waals surface area (Å²) in [7, 11) is 0. The summed E-state index contributed by atoms with van der Waals surface area (Å²) in [5.74, 6) is 1.22. The number of ether oxygens (including phenoxy) is 1. The summed E-state index contributed by atoms with van der Waals surface area (Å²) in [6.45, 7) is 4.71. The van der Waals surface area contributed by atoms with Crippen molar-refractivity contribution >= 4 is 5.95 Å². The fourth-order valence-electron chi connectivity index (χ4n) is 1.70. The quantitative estimate of drug-likeness (QED) is 0.734. The molecule has 1 aromatic rings. The van der Waals surface area contributed by atoms with E-state index in [9.17, 15) is 0 Å². The van der Waals surface area contributed by atoms with Gasteiger partial charge in [-0.05, 0) is 13.3 Å². The zero-order chi connectivity index (χ0) is 9.26. The van der Waals surface area contributed by atoms with Crippen molar-refractivity contribution in [3.05, 3.63) is 11.9 Å². The van der Waals surface area contributed by atoms with E-state index in [1.54, 1.807) is 0 Å². The first-order valence-corrected chi connectivity index (χ1v) is 4.62. The topological polar surface area (TPSA) is 53.1 Å². The zero-order valence-electron chi connectivity index (χ0n) is 7.86. The SMILES string of the molecule is Cc1cnc(N)n1CC1CCOC1. The third-order valence-corrected chi connectivity index (χ3v) is 2.55. The maximum absolute atomic E-state index is 5.73. The second-order valence-corrected chi connectivity index (χ2v) is 3.60. The van der Waals surface area contributed by atoms with Crippen LogP contribution in [-0.4, -0.2) is 22.8 Å². The monoisotopic (exact) mass is 181 g/mol. The van der Waals surface area contributed by atoms with Crippen molar-refractivity contribution in [1.82, 2.24) is 9.55 Å². The van der Waals surface area contributed by atoms with Gasteiger partial charge >= 0.3 is 0 Å². The molecule has 1 aromatic heterocycles. The number of rotatable bonds is 2. The minimum absolute atomic E-state index is 0.607. The Morgan fingerprint density at radius 2 is 2.62 bits per heavy atom. The average molecular weight is 181 g/mol. The molecule has 2 N–H and O–H groups in total. The highest BCUT2D eigenvalue weighted by molar-refractivity contribution is 5.21. The van der Waals surface area contributed by atoms with Crippen LogP contribution in [0.5, 0.6) is 0 Å².